The van der Waals surface area contributed by atoms with Gasteiger partial charge in [-0.3, -0.25) is 9.88 Å². The lowest BCUT2D eigenvalue weighted by Gasteiger charge is -2.30. The molecular formula is C19H25N3O. The van der Waals surface area contributed by atoms with E-state index in [-0.39, 0.29) is 12.1 Å². The molecule has 1 aromatic carbocycles. The van der Waals surface area contributed by atoms with Crippen LogP contribution in [-0.4, -0.2) is 34.2 Å². The predicted octanol–water partition coefficient (Wildman–Crippen LogP) is 3.21. The zero-order valence-electron chi connectivity index (χ0n) is 13.7. The van der Waals surface area contributed by atoms with Crippen LogP contribution in [0.4, 0.5) is 5.69 Å². The molecule has 122 valence electrons. The van der Waals surface area contributed by atoms with Gasteiger partial charge in [-0.15, -0.1) is 0 Å². The smallest absolute Gasteiger partial charge is 0.0564 e. The number of aliphatic hydroxyl groups excluding tert-OH is 1. The number of hydrogen-bond donors (Lipinski definition) is 2. The molecule has 2 aromatic rings. The second kappa shape index (κ2) is 7.57. The number of nitrogens with zero attached hydrogens (tertiary/aromatic N) is 2. The molecule has 0 spiro atoms. The van der Waals surface area contributed by atoms with Gasteiger partial charge in [0.25, 0.3) is 0 Å². The Kier molecular flexibility index (Phi) is 5.26. The fourth-order valence-electron chi connectivity index (χ4n) is 3.07. The summed E-state index contributed by atoms with van der Waals surface area (Å²) in [5.41, 5.74) is 3.66. The molecule has 4 nitrogen and oxygen atoms in total. The van der Waals surface area contributed by atoms with Crippen LogP contribution in [0.2, 0.25) is 0 Å². The Morgan fingerprint density at radius 3 is 2.74 bits per heavy atom. The van der Waals surface area contributed by atoms with E-state index in [0.717, 1.165) is 32.5 Å². The highest BCUT2D eigenvalue weighted by Crippen LogP contribution is 2.24. The maximum Gasteiger partial charge on any atom is 0.0564 e. The number of anilines is 1. The molecule has 1 saturated heterocycles. The molecule has 1 aliphatic heterocycles. The van der Waals surface area contributed by atoms with E-state index < -0.39 is 0 Å². The van der Waals surface area contributed by atoms with Crippen molar-refractivity contribution in [2.45, 2.75) is 38.5 Å². The summed E-state index contributed by atoms with van der Waals surface area (Å²) >= 11 is 0. The molecule has 1 unspecified atom stereocenters. The van der Waals surface area contributed by atoms with Crippen molar-refractivity contribution < 1.29 is 5.11 Å². The average molecular weight is 311 g/mol. The normalized spacial score (nSPS) is 17.8. The van der Waals surface area contributed by atoms with Gasteiger partial charge in [-0.1, -0.05) is 24.3 Å². The van der Waals surface area contributed by atoms with E-state index in [1.807, 2.05) is 12.3 Å². The lowest BCUT2D eigenvalue weighted by molar-refractivity contribution is 0.0793. The van der Waals surface area contributed by atoms with E-state index in [0.29, 0.717) is 0 Å². The van der Waals surface area contributed by atoms with E-state index >= 15 is 0 Å². The van der Waals surface area contributed by atoms with Crippen molar-refractivity contribution in [2.75, 3.05) is 18.4 Å². The van der Waals surface area contributed by atoms with Crippen LogP contribution in [0.3, 0.4) is 0 Å². The first kappa shape index (κ1) is 16.0. The molecule has 2 heterocycles. The molecule has 3 rings (SSSR count). The molecule has 2 N–H and O–H groups in total. The molecule has 0 amide bonds. The number of para-hydroxylation sites is 1. The van der Waals surface area contributed by atoms with Crippen molar-refractivity contribution >= 4 is 5.69 Å². The monoisotopic (exact) mass is 311 g/mol. The zero-order valence-corrected chi connectivity index (χ0v) is 13.7. The number of rotatable bonds is 5. The minimum absolute atomic E-state index is 0.120. The molecule has 0 saturated carbocycles. The third-order valence-corrected chi connectivity index (χ3v) is 4.52. The Morgan fingerprint density at radius 2 is 2.00 bits per heavy atom. The molecule has 0 aliphatic carbocycles. The fraction of sp³-hybridized carbons (Fsp3) is 0.421. The van der Waals surface area contributed by atoms with Gasteiger partial charge in [-0.2, -0.15) is 0 Å². The number of nitrogens with one attached hydrogen (secondary N) is 1. The second-order valence-corrected chi connectivity index (χ2v) is 6.32. The summed E-state index contributed by atoms with van der Waals surface area (Å²) in [6.07, 6.45) is 5.34. The number of aliphatic hydroxyl groups is 1. The Labute approximate surface area is 138 Å². The molecule has 1 atom stereocenters. The summed E-state index contributed by atoms with van der Waals surface area (Å²) in [5, 5.41) is 13.3. The highest BCUT2D eigenvalue weighted by Gasteiger charge is 2.18. The molecule has 1 aliphatic rings. The summed E-state index contributed by atoms with van der Waals surface area (Å²) in [7, 11) is 0. The lowest BCUT2D eigenvalue weighted by Crippen LogP contribution is -2.35. The Balaban J connectivity index is 1.68. The van der Waals surface area contributed by atoms with Crippen LogP contribution in [0.5, 0.6) is 0 Å². The van der Waals surface area contributed by atoms with Crippen LogP contribution >= 0.6 is 0 Å². The van der Waals surface area contributed by atoms with E-state index in [9.17, 15) is 5.11 Å². The molecule has 0 radical (unpaired) electrons. The van der Waals surface area contributed by atoms with Gasteiger partial charge in [0, 0.05) is 37.7 Å². The molecular weight excluding hydrogens is 286 g/mol. The van der Waals surface area contributed by atoms with Gasteiger partial charge in [0.15, 0.2) is 0 Å². The van der Waals surface area contributed by atoms with Crippen molar-refractivity contribution in [3.05, 3.63) is 59.9 Å². The van der Waals surface area contributed by atoms with Gasteiger partial charge in [0.2, 0.25) is 0 Å². The minimum atomic E-state index is -0.120. The Morgan fingerprint density at radius 1 is 1.22 bits per heavy atom. The number of aromatic nitrogens is 1. The third-order valence-electron chi connectivity index (χ3n) is 4.52. The van der Waals surface area contributed by atoms with E-state index in [1.54, 1.807) is 6.20 Å². The zero-order chi connectivity index (χ0) is 16.1. The van der Waals surface area contributed by atoms with Crippen LogP contribution in [0.25, 0.3) is 0 Å². The van der Waals surface area contributed by atoms with E-state index in [2.05, 4.69) is 52.5 Å². The van der Waals surface area contributed by atoms with E-state index in [1.165, 1.54) is 16.8 Å². The van der Waals surface area contributed by atoms with Crippen LogP contribution in [-0.2, 0) is 6.54 Å². The lowest BCUT2D eigenvalue weighted by atomic mass is 10.1. The van der Waals surface area contributed by atoms with Crippen molar-refractivity contribution in [2.24, 2.45) is 0 Å². The van der Waals surface area contributed by atoms with Crippen molar-refractivity contribution in [1.82, 2.24) is 9.88 Å². The van der Waals surface area contributed by atoms with Gasteiger partial charge in [-0.05, 0) is 43.0 Å². The predicted molar refractivity (Wildman–Crippen MR) is 93.2 cm³/mol. The van der Waals surface area contributed by atoms with Crippen molar-refractivity contribution in [3.63, 3.8) is 0 Å². The first-order valence-electron chi connectivity index (χ1n) is 8.37. The van der Waals surface area contributed by atoms with Crippen LogP contribution in [0.1, 0.15) is 36.9 Å². The standard InChI is InChI=1S/C19H25N3O/c1-15(16-6-4-10-20-13-16)21-19-7-3-2-5-17(19)14-22-11-8-18(23)9-12-22/h2-7,10,13,15,18,21,23H,8-9,11-12,14H2,1H3. The summed E-state index contributed by atoms with van der Waals surface area (Å²) in [5.74, 6) is 0. The van der Waals surface area contributed by atoms with Crippen molar-refractivity contribution in [3.8, 4) is 0 Å². The Bertz CT molecular complexity index is 609. The van der Waals surface area contributed by atoms with Gasteiger partial charge in [0.05, 0.1) is 12.1 Å². The SMILES string of the molecule is CC(Nc1ccccc1CN1CCC(O)CC1)c1cccnc1. The maximum absolute atomic E-state index is 9.65. The quantitative estimate of drug-likeness (QED) is 0.890. The Hall–Kier alpha value is -1.91. The molecule has 1 fully saturated rings. The largest absolute Gasteiger partial charge is 0.393 e. The number of pyridine rings is 1. The highest BCUT2D eigenvalue weighted by atomic mass is 16.3. The first-order chi connectivity index (χ1) is 11.2. The third kappa shape index (κ3) is 4.30. The number of likely N-dealkylation sites (tertiary alicyclic amines) is 1. The first-order valence-corrected chi connectivity index (χ1v) is 8.37. The second-order valence-electron chi connectivity index (χ2n) is 6.32. The van der Waals surface area contributed by atoms with Crippen LogP contribution in [0.15, 0.2) is 48.8 Å². The van der Waals surface area contributed by atoms with Gasteiger partial charge in [-0.25, -0.2) is 0 Å². The van der Waals surface area contributed by atoms with Gasteiger partial charge in [0.1, 0.15) is 0 Å². The van der Waals surface area contributed by atoms with Crippen LogP contribution in [0, 0.1) is 0 Å². The number of benzene rings is 1. The summed E-state index contributed by atoms with van der Waals surface area (Å²) < 4.78 is 0. The number of hydrogen-bond acceptors (Lipinski definition) is 4. The fourth-order valence-corrected chi connectivity index (χ4v) is 3.07. The highest BCUT2D eigenvalue weighted by molar-refractivity contribution is 5.52. The topological polar surface area (TPSA) is 48.4 Å². The summed E-state index contributed by atoms with van der Waals surface area (Å²) in [6.45, 7) is 5.02. The van der Waals surface area contributed by atoms with Crippen LogP contribution < -0.4 is 5.32 Å². The van der Waals surface area contributed by atoms with Gasteiger partial charge >= 0.3 is 0 Å². The number of piperidine rings is 1. The summed E-state index contributed by atoms with van der Waals surface area (Å²) in [6, 6.07) is 12.8. The molecule has 23 heavy (non-hydrogen) atoms. The summed E-state index contributed by atoms with van der Waals surface area (Å²) in [4.78, 5) is 6.62. The van der Waals surface area contributed by atoms with Gasteiger partial charge < -0.3 is 10.4 Å². The maximum atomic E-state index is 9.65. The molecule has 4 heteroatoms. The molecule has 1 aromatic heterocycles. The average Bonchev–Trinajstić information content (AvgIpc) is 2.59. The van der Waals surface area contributed by atoms with Crippen molar-refractivity contribution in [1.29, 1.82) is 0 Å². The molecule has 0 bridgehead atoms. The minimum Gasteiger partial charge on any atom is -0.393 e. The van der Waals surface area contributed by atoms with E-state index in [4.69, 9.17) is 0 Å².